The van der Waals surface area contributed by atoms with Gasteiger partial charge in [-0.15, -0.1) is 0 Å². The summed E-state index contributed by atoms with van der Waals surface area (Å²) in [6.45, 7) is 2.13. The van der Waals surface area contributed by atoms with E-state index < -0.39 is 0 Å². The highest BCUT2D eigenvalue weighted by atomic mass is 15.2. The highest BCUT2D eigenvalue weighted by molar-refractivity contribution is 5.75. The molecule has 4 heteroatoms. The van der Waals surface area contributed by atoms with Gasteiger partial charge in [-0.1, -0.05) is 12.1 Å². The summed E-state index contributed by atoms with van der Waals surface area (Å²) >= 11 is 0. The van der Waals surface area contributed by atoms with E-state index in [0.717, 1.165) is 29.9 Å². The number of hydrogen-bond donors (Lipinski definition) is 1. The number of aromatic nitrogens is 2. The number of rotatable bonds is 3. The van der Waals surface area contributed by atoms with Crippen molar-refractivity contribution in [2.24, 2.45) is 0 Å². The number of benzene rings is 1. The van der Waals surface area contributed by atoms with Gasteiger partial charge in [-0.25, -0.2) is 4.98 Å². The van der Waals surface area contributed by atoms with Crippen LogP contribution in [0.4, 0.5) is 5.82 Å². The monoisotopic (exact) mass is 242 g/mol. The van der Waals surface area contributed by atoms with Crippen LogP contribution in [-0.2, 0) is 0 Å². The van der Waals surface area contributed by atoms with Gasteiger partial charge >= 0.3 is 0 Å². The van der Waals surface area contributed by atoms with Crippen molar-refractivity contribution in [1.29, 1.82) is 0 Å². The molecular weight excluding hydrogens is 224 g/mol. The fourth-order valence-corrected chi connectivity index (χ4v) is 2.47. The third-order valence-electron chi connectivity index (χ3n) is 3.48. The molecule has 1 N–H and O–H groups in total. The van der Waals surface area contributed by atoms with Gasteiger partial charge in [0.05, 0.1) is 17.2 Å². The number of nitrogens with one attached hydrogen (secondary N) is 1. The van der Waals surface area contributed by atoms with Crippen molar-refractivity contribution >= 4 is 16.9 Å². The van der Waals surface area contributed by atoms with E-state index in [1.54, 1.807) is 0 Å². The molecule has 2 aromatic rings. The molecular formula is C14H18N4. The highest BCUT2D eigenvalue weighted by Crippen LogP contribution is 2.15. The Bertz CT molecular complexity index is 534. The molecule has 0 radical (unpaired) electrons. The van der Waals surface area contributed by atoms with Crippen molar-refractivity contribution in [3.8, 4) is 0 Å². The molecule has 0 aliphatic carbocycles. The molecule has 1 aromatic carbocycles. The minimum Gasteiger partial charge on any atom is -0.357 e. The molecule has 4 nitrogen and oxygen atoms in total. The van der Waals surface area contributed by atoms with Crippen molar-refractivity contribution in [3.63, 3.8) is 0 Å². The molecule has 0 bridgehead atoms. The zero-order chi connectivity index (χ0) is 12.4. The molecule has 1 saturated heterocycles. The van der Waals surface area contributed by atoms with Crippen LogP contribution in [0, 0.1) is 0 Å². The number of fused-ring (bicyclic) bond motifs is 1. The van der Waals surface area contributed by atoms with E-state index in [0.29, 0.717) is 6.04 Å². The summed E-state index contributed by atoms with van der Waals surface area (Å²) in [7, 11) is 2.08. The van der Waals surface area contributed by atoms with E-state index in [9.17, 15) is 0 Å². The number of hydrogen-bond acceptors (Lipinski definition) is 4. The first-order valence-electron chi connectivity index (χ1n) is 6.49. The molecule has 94 valence electrons. The van der Waals surface area contributed by atoms with Gasteiger partial charge in [0.15, 0.2) is 0 Å². The van der Waals surface area contributed by atoms with E-state index >= 15 is 0 Å². The van der Waals surface area contributed by atoms with Crippen LogP contribution in [0.25, 0.3) is 11.0 Å². The topological polar surface area (TPSA) is 41.0 Å². The summed E-state index contributed by atoms with van der Waals surface area (Å²) in [4.78, 5) is 11.3. The molecule has 2 heterocycles. The maximum atomic E-state index is 4.65. The normalized spacial score (nSPS) is 19.3. The Hall–Kier alpha value is -1.68. The average Bonchev–Trinajstić information content (AvgIpc) is 2.91. The second-order valence-corrected chi connectivity index (χ2v) is 4.89. The van der Waals surface area contributed by atoms with Gasteiger partial charge < -0.3 is 10.2 Å². The zero-order valence-electron chi connectivity index (χ0n) is 10.6. The first kappa shape index (κ1) is 11.4. The lowest BCUT2D eigenvalue weighted by Crippen LogP contribution is -2.35. The molecule has 0 spiro atoms. The average molecular weight is 242 g/mol. The minimum atomic E-state index is 0.586. The second-order valence-electron chi connectivity index (χ2n) is 4.89. The molecule has 1 aliphatic rings. The van der Waals surface area contributed by atoms with E-state index in [1.807, 2.05) is 30.5 Å². The minimum absolute atomic E-state index is 0.586. The molecule has 1 aliphatic heterocycles. The summed E-state index contributed by atoms with van der Waals surface area (Å²) < 4.78 is 0. The predicted molar refractivity (Wildman–Crippen MR) is 73.8 cm³/mol. The fraction of sp³-hybridized carbons (Fsp3) is 0.429. The van der Waals surface area contributed by atoms with Gasteiger partial charge in [-0.3, -0.25) is 4.98 Å². The fourth-order valence-electron chi connectivity index (χ4n) is 2.47. The van der Waals surface area contributed by atoms with Crippen LogP contribution in [0.5, 0.6) is 0 Å². The van der Waals surface area contributed by atoms with Crippen LogP contribution >= 0.6 is 0 Å². The van der Waals surface area contributed by atoms with E-state index in [4.69, 9.17) is 0 Å². The third kappa shape index (κ3) is 2.29. The first-order valence-corrected chi connectivity index (χ1v) is 6.49. The van der Waals surface area contributed by atoms with Crippen LogP contribution < -0.4 is 10.2 Å². The third-order valence-corrected chi connectivity index (χ3v) is 3.48. The Kier molecular flexibility index (Phi) is 3.11. The SMILES string of the molecule is CN(CC1CCCN1)c1cnc2ccccc2n1. The molecule has 1 fully saturated rings. The number of para-hydroxylation sites is 2. The largest absolute Gasteiger partial charge is 0.357 e. The van der Waals surface area contributed by atoms with Crippen LogP contribution in [0.3, 0.4) is 0 Å². The Morgan fingerprint density at radius 2 is 2.17 bits per heavy atom. The quantitative estimate of drug-likeness (QED) is 0.891. The van der Waals surface area contributed by atoms with Gasteiger partial charge in [0, 0.05) is 19.6 Å². The Morgan fingerprint density at radius 3 is 2.94 bits per heavy atom. The lowest BCUT2D eigenvalue weighted by atomic mass is 10.2. The predicted octanol–water partition coefficient (Wildman–Crippen LogP) is 1.82. The smallest absolute Gasteiger partial charge is 0.147 e. The molecule has 3 rings (SSSR count). The molecule has 18 heavy (non-hydrogen) atoms. The number of nitrogens with zero attached hydrogens (tertiary/aromatic N) is 3. The maximum Gasteiger partial charge on any atom is 0.147 e. The van der Waals surface area contributed by atoms with Crippen LogP contribution in [0.1, 0.15) is 12.8 Å². The second kappa shape index (κ2) is 4.90. The molecule has 0 saturated carbocycles. The number of anilines is 1. The molecule has 1 unspecified atom stereocenters. The molecule has 0 amide bonds. The first-order chi connectivity index (χ1) is 8.83. The Labute approximate surface area is 107 Å². The van der Waals surface area contributed by atoms with E-state index in [-0.39, 0.29) is 0 Å². The standard InChI is InChI=1S/C14H18N4/c1-18(10-11-5-4-8-15-11)14-9-16-12-6-2-3-7-13(12)17-14/h2-3,6-7,9,11,15H,4-5,8,10H2,1H3. The summed E-state index contributed by atoms with van der Waals surface area (Å²) in [5, 5.41) is 3.50. The van der Waals surface area contributed by atoms with Crippen LogP contribution in [0.15, 0.2) is 30.5 Å². The lowest BCUT2D eigenvalue weighted by Gasteiger charge is -2.22. The van der Waals surface area contributed by atoms with Gasteiger partial charge in [0.1, 0.15) is 5.82 Å². The maximum absolute atomic E-state index is 4.65. The highest BCUT2D eigenvalue weighted by Gasteiger charge is 2.16. The number of likely N-dealkylation sites (N-methyl/N-ethyl adjacent to an activating group) is 1. The van der Waals surface area contributed by atoms with Crippen LogP contribution in [-0.4, -0.2) is 36.1 Å². The molecule has 1 atom stereocenters. The van der Waals surface area contributed by atoms with Crippen LogP contribution in [0.2, 0.25) is 0 Å². The lowest BCUT2D eigenvalue weighted by molar-refractivity contribution is 0.597. The zero-order valence-corrected chi connectivity index (χ0v) is 10.6. The van der Waals surface area contributed by atoms with Gasteiger partial charge in [-0.2, -0.15) is 0 Å². The van der Waals surface area contributed by atoms with Crippen molar-refractivity contribution in [2.75, 3.05) is 25.0 Å². The molecule has 1 aromatic heterocycles. The summed E-state index contributed by atoms with van der Waals surface area (Å²) in [5.74, 6) is 0.947. The Balaban J connectivity index is 1.80. The van der Waals surface area contributed by atoms with Gasteiger partial charge in [0.2, 0.25) is 0 Å². The van der Waals surface area contributed by atoms with Crippen molar-refractivity contribution in [1.82, 2.24) is 15.3 Å². The van der Waals surface area contributed by atoms with Crippen molar-refractivity contribution in [2.45, 2.75) is 18.9 Å². The summed E-state index contributed by atoms with van der Waals surface area (Å²) in [6, 6.07) is 8.57. The van der Waals surface area contributed by atoms with Gasteiger partial charge in [0.25, 0.3) is 0 Å². The van der Waals surface area contributed by atoms with Crippen molar-refractivity contribution < 1.29 is 0 Å². The summed E-state index contributed by atoms with van der Waals surface area (Å²) in [5.41, 5.74) is 1.91. The van der Waals surface area contributed by atoms with Gasteiger partial charge in [-0.05, 0) is 31.5 Å². The summed E-state index contributed by atoms with van der Waals surface area (Å²) in [6.07, 6.45) is 4.39. The van der Waals surface area contributed by atoms with E-state index in [1.165, 1.54) is 12.8 Å². The van der Waals surface area contributed by atoms with Crippen molar-refractivity contribution in [3.05, 3.63) is 30.5 Å². The Morgan fingerprint density at radius 1 is 1.33 bits per heavy atom. The van der Waals surface area contributed by atoms with E-state index in [2.05, 4.69) is 27.2 Å².